The molecule has 0 radical (unpaired) electrons. The number of H-pyrrole nitrogens is 1. The summed E-state index contributed by atoms with van der Waals surface area (Å²) in [6, 6.07) is 7.13. The zero-order valence-electron chi connectivity index (χ0n) is 13.6. The lowest BCUT2D eigenvalue weighted by molar-refractivity contribution is -0.158. The van der Waals surface area contributed by atoms with E-state index in [0.29, 0.717) is 41.6 Å². The molecule has 0 unspecified atom stereocenters. The van der Waals surface area contributed by atoms with Gasteiger partial charge in [-0.25, -0.2) is 4.98 Å². The number of rotatable bonds is 5. The Kier molecular flexibility index (Phi) is 5.34. The minimum Gasteiger partial charge on any atom is -0.341 e. The summed E-state index contributed by atoms with van der Waals surface area (Å²) < 4.78 is 29.1. The highest BCUT2D eigenvalue weighted by Crippen LogP contribution is 2.23. The van der Waals surface area contributed by atoms with E-state index in [1.165, 1.54) is 4.90 Å². The van der Waals surface area contributed by atoms with Crippen LogP contribution in [0.1, 0.15) is 29.5 Å². The van der Waals surface area contributed by atoms with Crippen LogP contribution in [0.5, 0.6) is 0 Å². The third-order valence-corrected chi connectivity index (χ3v) is 4.43. The number of carbonyl (C=O) groups is 1. The molecule has 1 aromatic carbocycles. The average molecular weight is 370 g/mol. The Morgan fingerprint density at radius 1 is 1.44 bits per heavy atom. The van der Waals surface area contributed by atoms with Gasteiger partial charge in [-0.2, -0.15) is 8.78 Å². The Hall–Kier alpha value is -1.99. The summed E-state index contributed by atoms with van der Waals surface area (Å²) in [7, 11) is 0. The molecule has 0 aliphatic carbocycles. The summed E-state index contributed by atoms with van der Waals surface area (Å²) in [4.78, 5) is 21.8. The summed E-state index contributed by atoms with van der Waals surface area (Å²) >= 11 is 5.89. The first kappa shape index (κ1) is 17.8. The van der Waals surface area contributed by atoms with E-state index in [-0.39, 0.29) is 12.5 Å². The number of aromatic nitrogens is 2. The highest BCUT2D eigenvalue weighted by Gasteiger charge is 2.31. The Morgan fingerprint density at radius 2 is 2.16 bits per heavy atom. The molecule has 1 fully saturated rings. The second kappa shape index (κ2) is 7.49. The maximum atomic E-state index is 12.7. The Morgan fingerprint density at radius 3 is 2.80 bits per heavy atom. The lowest BCUT2D eigenvalue weighted by Crippen LogP contribution is -2.31. The Bertz CT molecular complexity index is 749. The van der Waals surface area contributed by atoms with Crippen molar-refractivity contribution in [3.8, 4) is 11.4 Å². The number of aryl methyl sites for hydroxylation is 1. The number of carbonyl (C=O) groups excluding carboxylic acids is 1. The van der Waals surface area contributed by atoms with Gasteiger partial charge in [0.2, 0.25) is 0 Å². The number of imidazole rings is 1. The number of hydrogen-bond donors (Lipinski definition) is 1. The minimum absolute atomic E-state index is 0.148. The first-order chi connectivity index (χ1) is 12.0. The molecule has 1 aromatic heterocycles. The van der Waals surface area contributed by atoms with Crippen LogP contribution in [0.15, 0.2) is 24.3 Å². The molecule has 0 saturated carbocycles. The molecule has 1 atom stereocenters. The summed E-state index contributed by atoms with van der Waals surface area (Å²) in [5, 5.41) is 0.615. The molecule has 5 nitrogen and oxygen atoms in total. The highest BCUT2D eigenvalue weighted by molar-refractivity contribution is 6.30. The fraction of sp³-hybridized carbons (Fsp3) is 0.412. The molecule has 1 aliphatic rings. The van der Waals surface area contributed by atoms with Crippen molar-refractivity contribution < 1.29 is 18.3 Å². The fourth-order valence-corrected chi connectivity index (χ4v) is 3.03. The van der Waals surface area contributed by atoms with Gasteiger partial charge in [0, 0.05) is 29.4 Å². The Balaban J connectivity index is 1.80. The van der Waals surface area contributed by atoms with Crippen molar-refractivity contribution in [2.45, 2.75) is 32.5 Å². The van der Waals surface area contributed by atoms with Gasteiger partial charge in [-0.15, -0.1) is 0 Å². The molecular formula is C17H18ClF2N3O2. The van der Waals surface area contributed by atoms with Gasteiger partial charge in [-0.3, -0.25) is 4.79 Å². The second-order valence-electron chi connectivity index (χ2n) is 5.83. The van der Waals surface area contributed by atoms with E-state index in [9.17, 15) is 13.6 Å². The maximum Gasteiger partial charge on any atom is 0.345 e. The van der Waals surface area contributed by atoms with E-state index in [1.54, 1.807) is 12.1 Å². The average Bonchev–Trinajstić information content (AvgIpc) is 3.21. The van der Waals surface area contributed by atoms with Crippen LogP contribution in [0.3, 0.4) is 0 Å². The molecule has 1 amide bonds. The monoisotopic (exact) mass is 369 g/mol. The summed E-state index contributed by atoms with van der Waals surface area (Å²) in [5.74, 6) is 0.310. The number of alkyl halides is 2. The van der Waals surface area contributed by atoms with E-state index in [4.69, 9.17) is 11.6 Å². The van der Waals surface area contributed by atoms with Crippen LogP contribution in [0.4, 0.5) is 8.78 Å². The first-order valence-corrected chi connectivity index (χ1v) is 8.43. The summed E-state index contributed by atoms with van der Waals surface area (Å²) in [5.41, 5.74) is 1.86. The number of nitrogens with zero attached hydrogens (tertiary/aromatic N) is 2. The molecule has 25 heavy (non-hydrogen) atoms. The standard InChI is InChI=1S/C17H18ClF2N3O2/c1-2-13-14(16(24)23-8-7-12(9-23)25-17(19)20)22-15(21-13)10-3-5-11(18)6-4-10/h3-6,12,17H,2,7-9H2,1H3,(H,21,22)/t12-/m0/s1. The topological polar surface area (TPSA) is 58.2 Å². The van der Waals surface area contributed by atoms with Crippen LogP contribution in [-0.4, -0.2) is 46.6 Å². The quantitative estimate of drug-likeness (QED) is 0.873. The van der Waals surface area contributed by atoms with Crippen LogP contribution < -0.4 is 0 Å². The number of likely N-dealkylation sites (tertiary alicyclic amines) is 1. The summed E-state index contributed by atoms with van der Waals surface area (Å²) in [6.07, 6.45) is 0.363. The van der Waals surface area contributed by atoms with E-state index in [1.807, 2.05) is 19.1 Å². The molecule has 3 rings (SSSR count). The zero-order chi connectivity index (χ0) is 18.0. The number of nitrogens with one attached hydrogen (secondary N) is 1. The number of halogens is 3. The van der Waals surface area contributed by atoms with E-state index >= 15 is 0 Å². The van der Waals surface area contributed by atoms with Crippen molar-refractivity contribution in [2.75, 3.05) is 13.1 Å². The van der Waals surface area contributed by atoms with Crippen molar-refractivity contribution in [1.29, 1.82) is 0 Å². The number of amides is 1. The van der Waals surface area contributed by atoms with Crippen LogP contribution in [0.25, 0.3) is 11.4 Å². The molecule has 1 N–H and O–H groups in total. The highest BCUT2D eigenvalue weighted by atomic mass is 35.5. The van der Waals surface area contributed by atoms with Crippen LogP contribution in [0, 0.1) is 0 Å². The predicted molar refractivity (Wildman–Crippen MR) is 89.8 cm³/mol. The SMILES string of the molecule is CCc1[nH]c(-c2ccc(Cl)cc2)nc1C(=O)N1CC[C@H](OC(F)F)C1. The van der Waals surface area contributed by atoms with E-state index < -0.39 is 12.7 Å². The van der Waals surface area contributed by atoms with Gasteiger partial charge in [-0.1, -0.05) is 18.5 Å². The van der Waals surface area contributed by atoms with E-state index in [2.05, 4.69) is 14.7 Å². The second-order valence-corrected chi connectivity index (χ2v) is 6.27. The lowest BCUT2D eigenvalue weighted by atomic mass is 10.2. The fourth-order valence-electron chi connectivity index (χ4n) is 2.91. The maximum absolute atomic E-state index is 12.7. The molecular weight excluding hydrogens is 352 g/mol. The van der Waals surface area contributed by atoms with Crippen LogP contribution >= 0.6 is 11.6 Å². The summed E-state index contributed by atoms with van der Waals surface area (Å²) in [6.45, 7) is -0.381. The van der Waals surface area contributed by atoms with Gasteiger partial charge in [0.05, 0.1) is 6.10 Å². The van der Waals surface area contributed by atoms with Crippen molar-refractivity contribution in [3.05, 3.63) is 40.7 Å². The minimum atomic E-state index is -2.83. The van der Waals surface area contributed by atoms with Gasteiger partial charge in [0.25, 0.3) is 5.91 Å². The molecule has 8 heteroatoms. The zero-order valence-corrected chi connectivity index (χ0v) is 14.4. The van der Waals surface area contributed by atoms with Crippen molar-refractivity contribution in [2.24, 2.45) is 0 Å². The lowest BCUT2D eigenvalue weighted by Gasteiger charge is -2.16. The van der Waals surface area contributed by atoms with Crippen molar-refractivity contribution >= 4 is 17.5 Å². The van der Waals surface area contributed by atoms with Crippen LogP contribution in [-0.2, 0) is 11.2 Å². The van der Waals surface area contributed by atoms with E-state index in [0.717, 1.165) is 5.56 Å². The molecule has 0 spiro atoms. The molecule has 2 aromatic rings. The third-order valence-electron chi connectivity index (χ3n) is 4.18. The van der Waals surface area contributed by atoms with Crippen LogP contribution in [0.2, 0.25) is 5.02 Å². The molecule has 0 bridgehead atoms. The molecule has 1 saturated heterocycles. The normalized spacial score (nSPS) is 17.5. The molecule has 1 aliphatic heterocycles. The number of benzene rings is 1. The predicted octanol–water partition coefficient (Wildman–Crippen LogP) is 3.75. The van der Waals surface area contributed by atoms with Gasteiger partial charge in [0.1, 0.15) is 11.5 Å². The number of hydrogen-bond acceptors (Lipinski definition) is 3. The van der Waals surface area contributed by atoms with Gasteiger partial charge >= 0.3 is 6.61 Å². The van der Waals surface area contributed by atoms with Crippen molar-refractivity contribution in [3.63, 3.8) is 0 Å². The Labute approximate surface area is 149 Å². The van der Waals surface area contributed by atoms with Gasteiger partial charge in [-0.05, 0) is 37.1 Å². The molecule has 2 heterocycles. The molecule has 134 valence electrons. The van der Waals surface area contributed by atoms with Gasteiger partial charge in [0.15, 0.2) is 0 Å². The largest absolute Gasteiger partial charge is 0.345 e. The smallest absolute Gasteiger partial charge is 0.341 e. The van der Waals surface area contributed by atoms with Crippen molar-refractivity contribution in [1.82, 2.24) is 14.9 Å². The third kappa shape index (κ3) is 3.99. The number of aromatic amines is 1. The first-order valence-electron chi connectivity index (χ1n) is 8.05. The number of ether oxygens (including phenoxy) is 1. The van der Waals surface area contributed by atoms with Gasteiger partial charge < -0.3 is 14.6 Å².